The molecule has 1 N–H and O–H groups in total. The maximum atomic E-state index is 12.8. The van der Waals surface area contributed by atoms with Crippen molar-refractivity contribution in [2.24, 2.45) is 0 Å². The quantitative estimate of drug-likeness (QED) is 0.805. The Labute approximate surface area is 164 Å². The first-order valence-corrected chi connectivity index (χ1v) is 10.3. The van der Waals surface area contributed by atoms with Gasteiger partial charge in [0.15, 0.2) is 0 Å². The fourth-order valence-corrected chi connectivity index (χ4v) is 4.64. The molecule has 2 aromatic rings. The minimum atomic E-state index is -3.64. The number of carbonyl (C=O) groups excluding carboxylic acids is 1. The van der Waals surface area contributed by atoms with Crippen molar-refractivity contribution in [1.29, 1.82) is 5.26 Å². The summed E-state index contributed by atoms with van der Waals surface area (Å²) in [4.78, 5) is 12.8. The van der Waals surface area contributed by atoms with Crippen LogP contribution in [0.3, 0.4) is 0 Å². The second-order valence-corrected chi connectivity index (χ2v) is 8.40. The standard InChI is InChI=1S/C20H21N3O4S/c1-27-19-9-8-17(28(25,26)23-12-2-3-13-23)14-18(19)20(24)22-16-6-4-15(5-7-16)10-11-21/h4-9,14H,2-3,10,12-13H2,1H3,(H,22,24). The van der Waals surface area contributed by atoms with Gasteiger partial charge in [0, 0.05) is 18.8 Å². The Morgan fingerprint density at radius 3 is 2.46 bits per heavy atom. The highest BCUT2D eigenvalue weighted by molar-refractivity contribution is 7.89. The summed E-state index contributed by atoms with van der Waals surface area (Å²) in [5.74, 6) is -0.178. The molecule has 1 amide bonds. The van der Waals surface area contributed by atoms with E-state index in [1.165, 1.54) is 29.6 Å². The summed E-state index contributed by atoms with van der Waals surface area (Å²) in [7, 11) is -2.21. The van der Waals surface area contributed by atoms with Crippen molar-refractivity contribution < 1.29 is 17.9 Å². The maximum Gasteiger partial charge on any atom is 0.259 e. The molecule has 1 aliphatic heterocycles. The van der Waals surface area contributed by atoms with E-state index in [-0.39, 0.29) is 10.5 Å². The summed E-state index contributed by atoms with van der Waals surface area (Å²) < 4.78 is 32.3. The number of anilines is 1. The molecule has 2 aromatic carbocycles. The molecule has 0 spiro atoms. The van der Waals surface area contributed by atoms with Crippen molar-refractivity contribution >= 4 is 21.6 Å². The highest BCUT2D eigenvalue weighted by atomic mass is 32.2. The van der Waals surface area contributed by atoms with Crippen molar-refractivity contribution in [3.63, 3.8) is 0 Å². The first-order valence-electron chi connectivity index (χ1n) is 8.91. The Hall–Kier alpha value is -2.89. The summed E-state index contributed by atoms with van der Waals surface area (Å²) in [5, 5.41) is 11.5. The minimum Gasteiger partial charge on any atom is -0.496 e. The monoisotopic (exact) mass is 399 g/mol. The van der Waals surface area contributed by atoms with E-state index in [0.717, 1.165) is 18.4 Å². The summed E-state index contributed by atoms with van der Waals surface area (Å²) in [6.07, 6.45) is 1.97. The number of carbonyl (C=O) groups is 1. The summed E-state index contributed by atoms with van der Waals surface area (Å²) in [6.45, 7) is 0.982. The number of hydrogen-bond donors (Lipinski definition) is 1. The van der Waals surface area contributed by atoms with Crippen LogP contribution in [-0.2, 0) is 16.4 Å². The van der Waals surface area contributed by atoms with E-state index < -0.39 is 15.9 Å². The van der Waals surface area contributed by atoms with Gasteiger partial charge >= 0.3 is 0 Å². The number of hydrogen-bond acceptors (Lipinski definition) is 5. The molecule has 28 heavy (non-hydrogen) atoms. The number of nitrogens with one attached hydrogen (secondary N) is 1. The second-order valence-electron chi connectivity index (χ2n) is 6.46. The predicted octanol–water partition coefficient (Wildman–Crippen LogP) is 2.80. The number of nitriles is 1. The predicted molar refractivity (Wildman–Crippen MR) is 105 cm³/mol. The van der Waals surface area contributed by atoms with Gasteiger partial charge in [-0.1, -0.05) is 12.1 Å². The largest absolute Gasteiger partial charge is 0.496 e. The topological polar surface area (TPSA) is 99.5 Å². The number of ether oxygens (including phenoxy) is 1. The van der Waals surface area contributed by atoms with Crippen LogP contribution in [0.15, 0.2) is 47.4 Å². The van der Waals surface area contributed by atoms with Gasteiger partial charge in [0.25, 0.3) is 5.91 Å². The molecular formula is C20H21N3O4S. The fourth-order valence-electron chi connectivity index (χ4n) is 3.10. The minimum absolute atomic E-state index is 0.0738. The number of rotatable bonds is 6. The number of sulfonamides is 1. The molecule has 0 saturated carbocycles. The average Bonchev–Trinajstić information content (AvgIpc) is 3.25. The Morgan fingerprint density at radius 2 is 1.86 bits per heavy atom. The molecule has 3 rings (SSSR count). The highest BCUT2D eigenvalue weighted by Gasteiger charge is 2.28. The Bertz CT molecular complexity index is 1000. The van der Waals surface area contributed by atoms with Crippen molar-refractivity contribution in [1.82, 2.24) is 4.31 Å². The van der Waals surface area contributed by atoms with Gasteiger partial charge < -0.3 is 10.1 Å². The molecule has 8 heteroatoms. The summed E-state index contributed by atoms with van der Waals surface area (Å²) in [5.41, 5.74) is 1.53. The van der Waals surface area contributed by atoms with Crippen molar-refractivity contribution in [2.45, 2.75) is 24.2 Å². The zero-order chi connectivity index (χ0) is 20.1. The van der Waals surface area contributed by atoms with Gasteiger partial charge in [0.1, 0.15) is 5.75 Å². The summed E-state index contributed by atoms with van der Waals surface area (Å²) in [6, 6.07) is 13.3. The van der Waals surface area contributed by atoms with Gasteiger partial charge in [0.05, 0.1) is 30.1 Å². The molecular weight excluding hydrogens is 378 g/mol. The van der Waals surface area contributed by atoms with Gasteiger partial charge in [-0.3, -0.25) is 4.79 Å². The molecule has 0 aromatic heterocycles. The number of amides is 1. The molecule has 1 saturated heterocycles. The van der Waals surface area contributed by atoms with Gasteiger partial charge in [-0.25, -0.2) is 8.42 Å². The lowest BCUT2D eigenvalue weighted by Gasteiger charge is -2.17. The van der Waals surface area contributed by atoms with Crippen LogP contribution in [0.2, 0.25) is 0 Å². The van der Waals surface area contributed by atoms with E-state index >= 15 is 0 Å². The lowest BCUT2D eigenvalue weighted by molar-refractivity contribution is 0.102. The van der Waals surface area contributed by atoms with E-state index in [2.05, 4.69) is 11.4 Å². The van der Waals surface area contributed by atoms with Crippen LogP contribution < -0.4 is 10.1 Å². The van der Waals surface area contributed by atoms with Crippen LogP contribution in [0, 0.1) is 11.3 Å². The van der Waals surface area contributed by atoms with E-state index in [9.17, 15) is 13.2 Å². The van der Waals surface area contributed by atoms with E-state index in [0.29, 0.717) is 30.9 Å². The van der Waals surface area contributed by atoms with Gasteiger partial charge in [0.2, 0.25) is 10.0 Å². The van der Waals surface area contributed by atoms with E-state index in [1.807, 2.05) is 0 Å². The van der Waals surface area contributed by atoms with Crippen molar-refractivity contribution in [2.75, 3.05) is 25.5 Å². The zero-order valence-corrected chi connectivity index (χ0v) is 16.3. The number of methoxy groups -OCH3 is 1. The van der Waals surface area contributed by atoms with Gasteiger partial charge in [-0.15, -0.1) is 0 Å². The maximum absolute atomic E-state index is 12.8. The van der Waals surface area contributed by atoms with Gasteiger partial charge in [-0.05, 0) is 48.7 Å². The van der Waals surface area contributed by atoms with Crippen LogP contribution >= 0.6 is 0 Å². The second kappa shape index (κ2) is 8.42. The molecule has 0 atom stereocenters. The van der Waals surface area contributed by atoms with Crippen molar-refractivity contribution in [3.8, 4) is 11.8 Å². The van der Waals surface area contributed by atoms with Gasteiger partial charge in [-0.2, -0.15) is 9.57 Å². The Balaban J connectivity index is 1.87. The first kappa shape index (κ1) is 19.9. The molecule has 146 valence electrons. The van der Waals surface area contributed by atoms with Crippen LogP contribution in [0.1, 0.15) is 28.8 Å². The normalized spacial score (nSPS) is 14.4. The molecule has 0 aliphatic carbocycles. The average molecular weight is 399 g/mol. The lowest BCUT2D eigenvalue weighted by Crippen LogP contribution is -2.28. The lowest BCUT2D eigenvalue weighted by atomic mass is 10.1. The third kappa shape index (κ3) is 4.16. The highest BCUT2D eigenvalue weighted by Crippen LogP contribution is 2.27. The number of benzene rings is 2. The Morgan fingerprint density at radius 1 is 1.18 bits per heavy atom. The number of nitrogens with zero attached hydrogens (tertiary/aromatic N) is 2. The first-order chi connectivity index (χ1) is 13.5. The Kier molecular flexibility index (Phi) is 5.97. The summed E-state index contributed by atoms with van der Waals surface area (Å²) >= 11 is 0. The van der Waals surface area contributed by atoms with Crippen LogP contribution in [0.4, 0.5) is 5.69 Å². The smallest absolute Gasteiger partial charge is 0.259 e. The van der Waals surface area contributed by atoms with Crippen molar-refractivity contribution in [3.05, 3.63) is 53.6 Å². The molecule has 0 unspecified atom stereocenters. The molecule has 7 nitrogen and oxygen atoms in total. The molecule has 1 heterocycles. The van der Waals surface area contributed by atoms with E-state index in [4.69, 9.17) is 10.00 Å². The molecule has 0 radical (unpaired) electrons. The molecule has 1 aliphatic rings. The molecule has 0 bridgehead atoms. The fraction of sp³-hybridized carbons (Fsp3) is 0.300. The third-order valence-electron chi connectivity index (χ3n) is 4.61. The van der Waals surface area contributed by atoms with Crippen LogP contribution in [0.25, 0.3) is 0 Å². The van der Waals surface area contributed by atoms with E-state index in [1.54, 1.807) is 24.3 Å². The third-order valence-corrected chi connectivity index (χ3v) is 6.51. The zero-order valence-electron chi connectivity index (χ0n) is 15.5. The van der Waals surface area contributed by atoms with Crippen LogP contribution in [0.5, 0.6) is 5.75 Å². The molecule has 1 fully saturated rings. The van der Waals surface area contributed by atoms with Crippen LogP contribution in [-0.4, -0.2) is 38.8 Å². The SMILES string of the molecule is COc1ccc(S(=O)(=O)N2CCCC2)cc1C(=O)Nc1ccc(CC#N)cc1.